The lowest BCUT2D eigenvalue weighted by atomic mass is 9.43. The van der Waals surface area contributed by atoms with Gasteiger partial charge in [0.05, 0.1) is 0 Å². The van der Waals surface area contributed by atoms with Crippen LogP contribution in [0.2, 0.25) is 0 Å². The molecule has 0 aliphatic heterocycles. The predicted molar refractivity (Wildman–Crippen MR) is 62.1 cm³/mol. The smallest absolute Gasteiger partial charge is 0.0212 e. The Kier molecular flexibility index (Phi) is 1.79. The summed E-state index contributed by atoms with van der Waals surface area (Å²) in [6.07, 6.45) is 1.44. The molecule has 0 heteroatoms. The fraction of sp³-hybridized carbons (Fsp3) is 1.00. The average Bonchev–Trinajstić information content (AvgIpc) is 2.18. The Bertz CT molecular complexity index is 261. The topological polar surface area (TPSA) is 0 Å². The predicted octanol–water partition coefficient (Wildman–Crippen LogP) is 4.35. The molecule has 2 aliphatic rings. The molecule has 0 aromatic rings. The van der Waals surface area contributed by atoms with Gasteiger partial charge < -0.3 is 0 Å². The van der Waals surface area contributed by atoms with Crippen molar-refractivity contribution in [2.45, 2.75) is 54.9 Å². The maximum Gasteiger partial charge on any atom is -0.0212 e. The van der Waals surface area contributed by atoms with Crippen LogP contribution in [0.3, 0.4) is 0 Å². The lowest BCUT2D eigenvalue weighted by Gasteiger charge is -2.62. The van der Waals surface area contributed by atoms with E-state index in [1.807, 2.05) is 0 Å². The van der Waals surface area contributed by atoms with Gasteiger partial charge in [-0.3, -0.25) is 0 Å². The van der Waals surface area contributed by atoms with E-state index in [2.05, 4.69) is 48.5 Å². The second-order valence-electron chi connectivity index (χ2n) is 7.32. The van der Waals surface area contributed by atoms with Crippen LogP contribution in [-0.2, 0) is 0 Å². The largest absolute Gasteiger partial charge is 0.0617 e. The Morgan fingerprint density at radius 1 is 0.857 bits per heavy atom. The van der Waals surface area contributed by atoms with Crippen molar-refractivity contribution in [3.8, 4) is 0 Å². The lowest BCUT2D eigenvalue weighted by molar-refractivity contribution is -0.136. The van der Waals surface area contributed by atoms with E-state index in [0.717, 1.165) is 17.8 Å². The van der Waals surface area contributed by atoms with Gasteiger partial charge in [-0.25, -0.2) is 0 Å². The van der Waals surface area contributed by atoms with E-state index >= 15 is 0 Å². The zero-order chi connectivity index (χ0) is 10.9. The van der Waals surface area contributed by atoms with Crippen molar-refractivity contribution in [2.24, 2.45) is 34.0 Å². The van der Waals surface area contributed by atoms with Crippen molar-refractivity contribution in [1.82, 2.24) is 0 Å². The summed E-state index contributed by atoms with van der Waals surface area (Å²) in [5, 5.41) is 0. The van der Waals surface area contributed by atoms with E-state index in [0.29, 0.717) is 16.2 Å². The third-order valence-corrected chi connectivity index (χ3v) is 6.66. The molecule has 14 heavy (non-hydrogen) atoms. The van der Waals surface area contributed by atoms with Crippen molar-refractivity contribution in [2.75, 3.05) is 0 Å². The molecule has 2 saturated carbocycles. The molecule has 0 heterocycles. The zero-order valence-corrected chi connectivity index (χ0v) is 10.9. The fourth-order valence-electron chi connectivity index (χ4n) is 4.73. The van der Waals surface area contributed by atoms with E-state index in [1.165, 1.54) is 6.42 Å². The summed E-state index contributed by atoms with van der Waals surface area (Å²) in [7, 11) is 0. The standard InChI is InChI=1S/C14H26/c1-9-10(2)14(7)11(13(9,5)6)8-12(14,3)4/h9-11H,8H2,1-7H3. The first-order chi connectivity index (χ1) is 6.15. The highest BCUT2D eigenvalue weighted by molar-refractivity contribution is 5.18. The summed E-state index contributed by atoms with van der Waals surface area (Å²) in [4.78, 5) is 0. The van der Waals surface area contributed by atoms with Gasteiger partial charge in [-0.05, 0) is 40.4 Å². The summed E-state index contributed by atoms with van der Waals surface area (Å²) in [5.41, 5.74) is 1.72. The molecule has 0 radical (unpaired) electrons. The number of rotatable bonds is 0. The van der Waals surface area contributed by atoms with Gasteiger partial charge in [0.15, 0.2) is 0 Å². The van der Waals surface area contributed by atoms with Crippen molar-refractivity contribution in [3.05, 3.63) is 0 Å². The van der Waals surface area contributed by atoms with Gasteiger partial charge in [0.1, 0.15) is 0 Å². The van der Waals surface area contributed by atoms with Crippen molar-refractivity contribution >= 4 is 0 Å². The monoisotopic (exact) mass is 194 g/mol. The average molecular weight is 194 g/mol. The van der Waals surface area contributed by atoms with Crippen LogP contribution >= 0.6 is 0 Å². The van der Waals surface area contributed by atoms with Crippen LogP contribution in [0.5, 0.6) is 0 Å². The quantitative estimate of drug-likeness (QED) is 0.538. The van der Waals surface area contributed by atoms with E-state index in [9.17, 15) is 0 Å². The highest BCUT2D eigenvalue weighted by Crippen LogP contribution is 2.76. The molecule has 4 unspecified atom stereocenters. The third kappa shape index (κ3) is 0.823. The molecule has 0 aromatic heterocycles. The van der Waals surface area contributed by atoms with Crippen LogP contribution in [0.15, 0.2) is 0 Å². The summed E-state index contributed by atoms with van der Waals surface area (Å²) >= 11 is 0. The summed E-state index contributed by atoms with van der Waals surface area (Å²) in [6, 6.07) is 0. The van der Waals surface area contributed by atoms with Gasteiger partial charge in [0, 0.05) is 0 Å². The lowest BCUT2D eigenvalue weighted by Crippen LogP contribution is -2.55. The highest BCUT2D eigenvalue weighted by atomic mass is 14.7. The zero-order valence-electron chi connectivity index (χ0n) is 10.9. The minimum atomic E-state index is 0.559. The molecule has 4 atom stereocenters. The molecule has 0 aromatic carbocycles. The van der Waals surface area contributed by atoms with Crippen LogP contribution < -0.4 is 0 Å². The van der Waals surface area contributed by atoms with Crippen LogP contribution in [0.1, 0.15) is 54.9 Å². The first-order valence-electron chi connectivity index (χ1n) is 6.15. The molecule has 0 bridgehead atoms. The second kappa shape index (κ2) is 2.39. The normalized spacial score (nSPS) is 53.8. The second-order valence-corrected chi connectivity index (χ2v) is 7.32. The van der Waals surface area contributed by atoms with E-state index < -0.39 is 0 Å². The minimum Gasteiger partial charge on any atom is -0.0617 e. The van der Waals surface area contributed by atoms with Gasteiger partial charge in [-0.15, -0.1) is 0 Å². The fourth-order valence-corrected chi connectivity index (χ4v) is 4.73. The molecule has 82 valence electrons. The van der Waals surface area contributed by atoms with Crippen LogP contribution in [-0.4, -0.2) is 0 Å². The van der Waals surface area contributed by atoms with Crippen molar-refractivity contribution in [1.29, 1.82) is 0 Å². The van der Waals surface area contributed by atoms with E-state index in [-0.39, 0.29) is 0 Å². The summed E-state index contributed by atoms with van der Waals surface area (Å²) in [6.45, 7) is 17.4. The maximum atomic E-state index is 2.54. The van der Waals surface area contributed by atoms with Gasteiger partial charge in [-0.1, -0.05) is 48.5 Å². The molecule has 2 fully saturated rings. The molecule has 0 nitrogen and oxygen atoms in total. The van der Waals surface area contributed by atoms with Crippen molar-refractivity contribution < 1.29 is 0 Å². The van der Waals surface area contributed by atoms with Crippen LogP contribution in [0.4, 0.5) is 0 Å². The Morgan fingerprint density at radius 2 is 1.36 bits per heavy atom. The maximum absolute atomic E-state index is 2.54. The van der Waals surface area contributed by atoms with E-state index in [1.54, 1.807) is 0 Å². The number of hydrogen-bond donors (Lipinski definition) is 0. The van der Waals surface area contributed by atoms with Crippen LogP contribution in [0, 0.1) is 34.0 Å². The van der Waals surface area contributed by atoms with Gasteiger partial charge >= 0.3 is 0 Å². The molecule has 2 rings (SSSR count). The van der Waals surface area contributed by atoms with Gasteiger partial charge in [0.25, 0.3) is 0 Å². The molecular formula is C14H26. The SMILES string of the molecule is CC1C(C)C2(C)C(CC2(C)C)C1(C)C. The summed E-state index contributed by atoms with van der Waals surface area (Å²) in [5.74, 6) is 2.71. The minimum absolute atomic E-state index is 0.559. The highest BCUT2D eigenvalue weighted by Gasteiger charge is 2.70. The third-order valence-electron chi connectivity index (χ3n) is 6.66. The van der Waals surface area contributed by atoms with Crippen LogP contribution in [0.25, 0.3) is 0 Å². The molecule has 2 aliphatic carbocycles. The van der Waals surface area contributed by atoms with Crippen molar-refractivity contribution in [3.63, 3.8) is 0 Å². The van der Waals surface area contributed by atoms with E-state index in [4.69, 9.17) is 0 Å². The van der Waals surface area contributed by atoms with Gasteiger partial charge in [-0.2, -0.15) is 0 Å². The first-order valence-corrected chi connectivity index (χ1v) is 6.15. The Hall–Kier alpha value is 0. The Labute approximate surface area is 89.5 Å². The number of hydrogen-bond acceptors (Lipinski definition) is 0. The molecule has 0 saturated heterocycles. The molecular weight excluding hydrogens is 168 g/mol. The summed E-state index contributed by atoms with van der Waals surface area (Å²) < 4.78 is 0. The van der Waals surface area contributed by atoms with Gasteiger partial charge in [0.2, 0.25) is 0 Å². The molecule has 0 N–H and O–H groups in total. The molecule has 0 spiro atoms. The molecule has 0 amide bonds. The Morgan fingerprint density at radius 3 is 1.64 bits per heavy atom. The first kappa shape index (κ1) is 10.5. The number of fused-ring (bicyclic) bond motifs is 1. The Balaban J connectivity index is 2.42.